The van der Waals surface area contributed by atoms with Gasteiger partial charge in [0.1, 0.15) is 0 Å². The second-order valence-corrected chi connectivity index (χ2v) is 4.98. The molecule has 0 saturated carbocycles. The summed E-state index contributed by atoms with van der Waals surface area (Å²) in [7, 11) is 1.57. The predicted octanol–water partition coefficient (Wildman–Crippen LogP) is 1.32. The lowest BCUT2D eigenvalue weighted by atomic mass is 10.2. The highest BCUT2D eigenvalue weighted by atomic mass is 16.5. The van der Waals surface area contributed by atoms with Gasteiger partial charge in [-0.15, -0.1) is 0 Å². The Balaban J connectivity index is 2.52. The van der Waals surface area contributed by atoms with Gasteiger partial charge in [-0.25, -0.2) is 0 Å². The van der Waals surface area contributed by atoms with Crippen molar-refractivity contribution < 1.29 is 19.7 Å². The molecule has 0 spiro atoms. The molecule has 5 heteroatoms. The first-order chi connectivity index (χ1) is 9.60. The van der Waals surface area contributed by atoms with Crippen molar-refractivity contribution in [2.24, 2.45) is 0 Å². The molecule has 114 valence electrons. The summed E-state index contributed by atoms with van der Waals surface area (Å²) in [5, 5.41) is 21.6. The van der Waals surface area contributed by atoms with Gasteiger partial charge in [-0.05, 0) is 24.1 Å². The molecule has 0 aliphatic heterocycles. The van der Waals surface area contributed by atoms with E-state index >= 15 is 0 Å². The Morgan fingerprint density at radius 3 is 2.50 bits per heavy atom. The van der Waals surface area contributed by atoms with Crippen molar-refractivity contribution in [2.75, 3.05) is 20.3 Å². The summed E-state index contributed by atoms with van der Waals surface area (Å²) < 4.78 is 10.9. The minimum Gasteiger partial charge on any atom is -0.493 e. The predicted molar refractivity (Wildman–Crippen MR) is 78.2 cm³/mol. The minimum atomic E-state index is -0.0263. The fourth-order valence-electron chi connectivity index (χ4n) is 1.94. The topological polar surface area (TPSA) is 71.0 Å². The van der Waals surface area contributed by atoms with E-state index < -0.39 is 0 Å². The summed E-state index contributed by atoms with van der Waals surface area (Å²) in [5.74, 6) is 1.25. The molecule has 0 aliphatic rings. The summed E-state index contributed by atoms with van der Waals surface area (Å²) in [4.78, 5) is 0. The molecule has 1 aromatic carbocycles. The molecule has 0 fully saturated rings. The first kappa shape index (κ1) is 16.8. The molecule has 1 atom stereocenters. The summed E-state index contributed by atoms with van der Waals surface area (Å²) in [6.45, 7) is 4.63. The molecule has 20 heavy (non-hydrogen) atoms. The molecule has 0 saturated heterocycles. The van der Waals surface area contributed by atoms with Gasteiger partial charge < -0.3 is 25.0 Å². The first-order valence-corrected chi connectivity index (χ1v) is 6.88. The third-order valence-corrected chi connectivity index (χ3v) is 2.92. The van der Waals surface area contributed by atoms with E-state index in [-0.39, 0.29) is 19.3 Å². The van der Waals surface area contributed by atoms with Crippen LogP contribution in [0.25, 0.3) is 0 Å². The summed E-state index contributed by atoms with van der Waals surface area (Å²) in [5.41, 5.74) is 0.781. The van der Waals surface area contributed by atoms with Crippen LogP contribution in [0, 0.1) is 0 Å². The monoisotopic (exact) mass is 283 g/mol. The van der Waals surface area contributed by atoms with Crippen LogP contribution in [0.3, 0.4) is 0 Å². The largest absolute Gasteiger partial charge is 0.493 e. The summed E-state index contributed by atoms with van der Waals surface area (Å²) >= 11 is 0. The molecule has 1 aromatic rings. The molecule has 1 rings (SSSR count). The smallest absolute Gasteiger partial charge is 0.161 e. The van der Waals surface area contributed by atoms with Crippen LogP contribution in [0.15, 0.2) is 18.2 Å². The van der Waals surface area contributed by atoms with Crippen molar-refractivity contribution in [3.63, 3.8) is 0 Å². The highest BCUT2D eigenvalue weighted by Crippen LogP contribution is 2.28. The fraction of sp³-hybridized carbons (Fsp3) is 0.600. The molecule has 0 bridgehead atoms. The third kappa shape index (κ3) is 5.36. The van der Waals surface area contributed by atoms with E-state index in [1.165, 1.54) is 0 Å². The summed E-state index contributed by atoms with van der Waals surface area (Å²) in [6, 6.07) is 5.69. The van der Waals surface area contributed by atoms with Crippen molar-refractivity contribution in [3.05, 3.63) is 23.8 Å². The average Bonchev–Trinajstić information content (AvgIpc) is 2.45. The fourth-order valence-corrected chi connectivity index (χ4v) is 1.94. The van der Waals surface area contributed by atoms with Gasteiger partial charge in [-0.3, -0.25) is 0 Å². The number of methoxy groups -OCH3 is 1. The van der Waals surface area contributed by atoms with E-state index in [9.17, 15) is 5.11 Å². The number of aliphatic hydroxyl groups is 2. The van der Waals surface area contributed by atoms with E-state index in [0.717, 1.165) is 5.56 Å². The SMILES string of the molecule is COc1cc(CO)ccc1OCCC(CO)NC(C)C. The quantitative estimate of drug-likeness (QED) is 0.637. The molecule has 1 unspecified atom stereocenters. The van der Waals surface area contributed by atoms with E-state index in [1.54, 1.807) is 25.3 Å². The van der Waals surface area contributed by atoms with Crippen LogP contribution in [0.2, 0.25) is 0 Å². The van der Waals surface area contributed by atoms with E-state index in [1.807, 2.05) is 13.8 Å². The Morgan fingerprint density at radius 1 is 1.20 bits per heavy atom. The molecular formula is C15H25NO4. The van der Waals surface area contributed by atoms with Crippen molar-refractivity contribution in [3.8, 4) is 11.5 Å². The maximum atomic E-state index is 9.27. The number of benzene rings is 1. The lowest BCUT2D eigenvalue weighted by Crippen LogP contribution is -2.38. The lowest BCUT2D eigenvalue weighted by molar-refractivity contribution is 0.200. The zero-order valence-corrected chi connectivity index (χ0v) is 12.4. The highest BCUT2D eigenvalue weighted by Gasteiger charge is 2.10. The maximum Gasteiger partial charge on any atom is 0.161 e. The van der Waals surface area contributed by atoms with Crippen LogP contribution in [0.4, 0.5) is 0 Å². The van der Waals surface area contributed by atoms with Crippen molar-refractivity contribution in [2.45, 2.75) is 39.0 Å². The zero-order chi connectivity index (χ0) is 15.0. The molecule has 5 nitrogen and oxygen atoms in total. The second kappa shape index (κ2) is 8.79. The average molecular weight is 283 g/mol. The zero-order valence-electron chi connectivity index (χ0n) is 12.4. The number of hydrogen-bond acceptors (Lipinski definition) is 5. The second-order valence-electron chi connectivity index (χ2n) is 4.98. The van der Waals surface area contributed by atoms with Gasteiger partial charge in [-0.2, -0.15) is 0 Å². The van der Waals surface area contributed by atoms with Crippen LogP contribution in [-0.2, 0) is 6.61 Å². The van der Waals surface area contributed by atoms with Crippen LogP contribution in [0.5, 0.6) is 11.5 Å². The Bertz CT molecular complexity index is 395. The normalized spacial score (nSPS) is 12.5. The number of ether oxygens (including phenoxy) is 2. The van der Waals surface area contributed by atoms with Crippen LogP contribution in [0.1, 0.15) is 25.8 Å². The molecule has 0 amide bonds. The maximum absolute atomic E-state index is 9.27. The van der Waals surface area contributed by atoms with E-state index in [2.05, 4.69) is 5.32 Å². The van der Waals surface area contributed by atoms with Crippen LogP contribution < -0.4 is 14.8 Å². The standard InChI is InChI=1S/C15H25NO4/c1-11(2)16-13(10-18)6-7-20-14-5-4-12(9-17)8-15(14)19-3/h4-5,8,11,13,16-18H,6-7,9-10H2,1-3H3. The number of aliphatic hydroxyl groups excluding tert-OH is 2. The number of rotatable bonds is 9. The Kier molecular flexibility index (Phi) is 7.36. The molecule has 0 radical (unpaired) electrons. The van der Waals surface area contributed by atoms with Crippen LogP contribution in [-0.4, -0.2) is 42.6 Å². The van der Waals surface area contributed by atoms with Crippen molar-refractivity contribution in [1.29, 1.82) is 0 Å². The Labute approximate surface area is 120 Å². The summed E-state index contributed by atoms with van der Waals surface area (Å²) in [6.07, 6.45) is 0.708. The molecule has 0 heterocycles. The van der Waals surface area contributed by atoms with Gasteiger partial charge in [0, 0.05) is 12.1 Å². The molecule has 3 N–H and O–H groups in total. The number of nitrogens with one attached hydrogen (secondary N) is 1. The molecular weight excluding hydrogens is 258 g/mol. The van der Waals surface area contributed by atoms with Gasteiger partial charge in [0.2, 0.25) is 0 Å². The van der Waals surface area contributed by atoms with Gasteiger partial charge in [0.15, 0.2) is 11.5 Å². The van der Waals surface area contributed by atoms with Gasteiger partial charge in [0.05, 0.1) is 26.9 Å². The first-order valence-electron chi connectivity index (χ1n) is 6.88. The van der Waals surface area contributed by atoms with Gasteiger partial charge >= 0.3 is 0 Å². The highest BCUT2D eigenvalue weighted by molar-refractivity contribution is 5.42. The molecule has 0 aliphatic carbocycles. The Hall–Kier alpha value is -1.30. The van der Waals surface area contributed by atoms with Gasteiger partial charge in [0.25, 0.3) is 0 Å². The van der Waals surface area contributed by atoms with Crippen molar-refractivity contribution in [1.82, 2.24) is 5.32 Å². The third-order valence-electron chi connectivity index (χ3n) is 2.92. The molecule has 0 aromatic heterocycles. The van der Waals surface area contributed by atoms with Crippen LogP contribution >= 0.6 is 0 Å². The van der Waals surface area contributed by atoms with Gasteiger partial charge in [-0.1, -0.05) is 19.9 Å². The van der Waals surface area contributed by atoms with E-state index in [0.29, 0.717) is 30.6 Å². The van der Waals surface area contributed by atoms with Crippen molar-refractivity contribution >= 4 is 0 Å². The Morgan fingerprint density at radius 2 is 1.95 bits per heavy atom. The lowest BCUT2D eigenvalue weighted by Gasteiger charge is -2.19. The van der Waals surface area contributed by atoms with E-state index in [4.69, 9.17) is 14.6 Å². The minimum absolute atomic E-state index is 0.0257. The number of hydrogen-bond donors (Lipinski definition) is 3.